The molecule has 0 bridgehead atoms. The highest BCUT2D eigenvalue weighted by Gasteiger charge is 2.21. The van der Waals surface area contributed by atoms with E-state index in [1.807, 2.05) is 26.0 Å². The summed E-state index contributed by atoms with van der Waals surface area (Å²) >= 11 is 0. The average Bonchev–Trinajstić information content (AvgIpc) is 2.20. The Morgan fingerprint density at radius 1 is 1.27 bits per heavy atom. The lowest BCUT2D eigenvalue weighted by Crippen LogP contribution is -2.44. The van der Waals surface area contributed by atoms with Crippen LogP contribution in [0, 0.1) is 0 Å². The van der Waals surface area contributed by atoms with Gasteiger partial charge in [-0.15, -0.1) is 0 Å². The van der Waals surface area contributed by atoms with Gasteiger partial charge in [-0.3, -0.25) is 0 Å². The molecule has 0 N–H and O–H groups in total. The summed E-state index contributed by atoms with van der Waals surface area (Å²) in [7, 11) is 0. The van der Waals surface area contributed by atoms with Crippen LogP contribution in [0.1, 0.15) is 34.6 Å². The smallest absolute Gasteiger partial charge is 0.0726 e. The molecule has 1 aliphatic rings. The second-order valence-electron chi connectivity index (χ2n) is 3.71. The highest BCUT2D eigenvalue weighted by atomic mass is 16.5. The summed E-state index contributed by atoms with van der Waals surface area (Å²) in [5.74, 6) is 0. The minimum Gasteiger partial charge on any atom is -0.372 e. The number of ether oxygens (including phenoxy) is 1. The van der Waals surface area contributed by atoms with Gasteiger partial charge in [-0.25, -0.2) is 0 Å². The van der Waals surface area contributed by atoms with Crippen molar-refractivity contribution < 1.29 is 4.74 Å². The lowest BCUT2D eigenvalue weighted by Gasteiger charge is -2.37. The van der Waals surface area contributed by atoms with Crippen LogP contribution in [0.4, 0.5) is 0 Å². The lowest BCUT2D eigenvalue weighted by atomic mass is 10.2. The summed E-state index contributed by atoms with van der Waals surface area (Å²) in [6, 6.07) is 0. The summed E-state index contributed by atoms with van der Waals surface area (Å²) in [5, 5.41) is 0. The number of nitrogens with zero attached hydrogens (tertiary/aromatic N) is 1. The number of morpholine rings is 1. The predicted molar refractivity (Wildman–Crippen MR) is 66.9 cm³/mol. The van der Waals surface area contributed by atoms with Crippen molar-refractivity contribution in [3.63, 3.8) is 0 Å². The zero-order chi connectivity index (χ0) is 11.8. The number of hydrogen-bond acceptors (Lipinski definition) is 2. The SMILES string of the molecule is C=C/C=C(\C)N1CC(C)OC(C)C1.CC. The van der Waals surface area contributed by atoms with Gasteiger partial charge in [0.1, 0.15) is 0 Å². The van der Waals surface area contributed by atoms with E-state index in [1.165, 1.54) is 5.70 Å². The fraction of sp³-hybridized carbons (Fsp3) is 0.692. The second-order valence-corrected chi connectivity index (χ2v) is 3.71. The third-order valence-electron chi connectivity index (χ3n) is 2.28. The average molecular weight is 211 g/mol. The summed E-state index contributed by atoms with van der Waals surface area (Å²) in [6.07, 6.45) is 4.54. The molecule has 0 amide bonds. The van der Waals surface area contributed by atoms with Gasteiger partial charge in [0.05, 0.1) is 12.2 Å². The molecule has 1 fully saturated rings. The number of rotatable bonds is 2. The third kappa shape index (κ3) is 5.03. The number of allylic oxidation sites excluding steroid dienone is 3. The first-order valence-corrected chi connectivity index (χ1v) is 5.83. The molecule has 15 heavy (non-hydrogen) atoms. The maximum atomic E-state index is 5.65. The van der Waals surface area contributed by atoms with E-state index in [9.17, 15) is 0 Å². The molecule has 0 aromatic rings. The molecule has 1 heterocycles. The van der Waals surface area contributed by atoms with Crippen molar-refractivity contribution in [1.29, 1.82) is 0 Å². The Morgan fingerprint density at radius 3 is 2.13 bits per heavy atom. The molecule has 2 atom stereocenters. The molecule has 88 valence electrons. The van der Waals surface area contributed by atoms with Crippen molar-refractivity contribution in [2.75, 3.05) is 13.1 Å². The van der Waals surface area contributed by atoms with Crippen LogP contribution in [0.5, 0.6) is 0 Å². The van der Waals surface area contributed by atoms with Gasteiger partial charge in [-0.05, 0) is 26.8 Å². The Morgan fingerprint density at radius 2 is 1.73 bits per heavy atom. The topological polar surface area (TPSA) is 12.5 Å². The van der Waals surface area contributed by atoms with Gasteiger partial charge in [-0.1, -0.05) is 26.5 Å². The maximum absolute atomic E-state index is 5.65. The Hall–Kier alpha value is -0.760. The van der Waals surface area contributed by atoms with Crippen LogP contribution in [0.2, 0.25) is 0 Å². The van der Waals surface area contributed by atoms with Crippen molar-refractivity contribution >= 4 is 0 Å². The highest BCUT2D eigenvalue weighted by molar-refractivity contribution is 5.08. The fourth-order valence-corrected chi connectivity index (χ4v) is 1.74. The van der Waals surface area contributed by atoms with Crippen molar-refractivity contribution in [1.82, 2.24) is 4.90 Å². The predicted octanol–water partition coefficient (Wildman–Crippen LogP) is 3.21. The van der Waals surface area contributed by atoms with Crippen LogP contribution in [0.3, 0.4) is 0 Å². The molecule has 0 saturated carbocycles. The molecule has 0 aromatic carbocycles. The number of hydrogen-bond donors (Lipinski definition) is 0. The van der Waals surface area contributed by atoms with E-state index in [0.29, 0.717) is 12.2 Å². The lowest BCUT2D eigenvalue weighted by molar-refractivity contribution is -0.0577. The van der Waals surface area contributed by atoms with Crippen LogP contribution in [-0.2, 0) is 4.74 Å². The maximum Gasteiger partial charge on any atom is 0.0726 e. The molecular formula is C13H25NO. The Bertz CT molecular complexity index is 201. The first kappa shape index (κ1) is 14.2. The van der Waals surface area contributed by atoms with Gasteiger partial charge in [0.15, 0.2) is 0 Å². The van der Waals surface area contributed by atoms with E-state index in [0.717, 1.165) is 13.1 Å². The molecule has 2 nitrogen and oxygen atoms in total. The van der Waals surface area contributed by atoms with Gasteiger partial charge >= 0.3 is 0 Å². The molecular weight excluding hydrogens is 186 g/mol. The van der Waals surface area contributed by atoms with Crippen LogP contribution >= 0.6 is 0 Å². The van der Waals surface area contributed by atoms with Crippen molar-refractivity contribution in [2.45, 2.75) is 46.8 Å². The Balaban J connectivity index is 0.000000921. The van der Waals surface area contributed by atoms with Gasteiger partial charge in [0, 0.05) is 18.8 Å². The highest BCUT2D eigenvalue weighted by Crippen LogP contribution is 2.15. The molecule has 0 spiro atoms. The first-order chi connectivity index (χ1) is 7.13. The van der Waals surface area contributed by atoms with Crippen LogP contribution in [-0.4, -0.2) is 30.2 Å². The van der Waals surface area contributed by atoms with Gasteiger partial charge in [0.2, 0.25) is 0 Å². The normalized spacial score (nSPS) is 26.7. The van der Waals surface area contributed by atoms with Crippen molar-refractivity contribution in [3.05, 3.63) is 24.4 Å². The van der Waals surface area contributed by atoms with Crippen LogP contribution in [0.25, 0.3) is 0 Å². The minimum absolute atomic E-state index is 0.330. The molecule has 1 rings (SSSR count). The molecule has 0 radical (unpaired) electrons. The van der Waals surface area contributed by atoms with E-state index in [-0.39, 0.29) is 0 Å². The quantitative estimate of drug-likeness (QED) is 0.650. The van der Waals surface area contributed by atoms with Crippen molar-refractivity contribution in [3.8, 4) is 0 Å². The molecule has 2 unspecified atom stereocenters. The summed E-state index contributed by atoms with van der Waals surface area (Å²) in [5.41, 5.74) is 1.28. The fourth-order valence-electron chi connectivity index (χ4n) is 1.74. The zero-order valence-electron chi connectivity index (χ0n) is 10.8. The van der Waals surface area contributed by atoms with Gasteiger partial charge in [-0.2, -0.15) is 0 Å². The molecule has 1 saturated heterocycles. The van der Waals surface area contributed by atoms with E-state index in [2.05, 4.69) is 32.3 Å². The summed E-state index contributed by atoms with van der Waals surface area (Å²) < 4.78 is 5.65. The summed E-state index contributed by atoms with van der Waals surface area (Å²) in [6.45, 7) is 16.0. The second kappa shape index (κ2) is 7.52. The minimum atomic E-state index is 0.330. The van der Waals surface area contributed by atoms with Gasteiger partial charge in [0.25, 0.3) is 0 Å². The molecule has 1 aliphatic heterocycles. The monoisotopic (exact) mass is 211 g/mol. The summed E-state index contributed by atoms with van der Waals surface area (Å²) in [4.78, 5) is 2.35. The van der Waals surface area contributed by atoms with Crippen LogP contribution in [0.15, 0.2) is 24.4 Å². The zero-order valence-corrected chi connectivity index (χ0v) is 10.8. The Labute approximate surface area is 94.6 Å². The van der Waals surface area contributed by atoms with E-state index >= 15 is 0 Å². The Kier molecular flexibility index (Phi) is 7.14. The van der Waals surface area contributed by atoms with E-state index in [1.54, 1.807) is 0 Å². The van der Waals surface area contributed by atoms with Gasteiger partial charge < -0.3 is 9.64 Å². The van der Waals surface area contributed by atoms with E-state index in [4.69, 9.17) is 4.74 Å². The molecule has 0 aromatic heterocycles. The largest absolute Gasteiger partial charge is 0.372 e. The molecule has 2 heteroatoms. The first-order valence-electron chi connectivity index (χ1n) is 5.83. The van der Waals surface area contributed by atoms with Crippen LogP contribution < -0.4 is 0 Å². The third-order valence-corrected chi connectivity index (χ3v) is 2.28. The molecule has 0 aliphatic carbocycles. The van der Waals surface area contributed by atoms with E-state index < -0.39 is 0 Å². The van der Waals surface area contributed by atoms with Crippen molar-refractivity contribution in [2.24, 2.45) is 0 Å². The standard InChI is InChI=1S/C11H19NO.C2H6/c1-5-6-9(2)12-7-10(3)13-11(4)8-12;1-2/h5-6,10-11H,1,7-8H2,2-4H3;1-2H3/b9-6+;.